The van der Waals surface area contributed by atoms with Crippen molar-refractivity contribution in [3.05, 3.63) is 94.0 Å². The second-order valence-corrected chi connectivity index (χ2v) is 9.07. The first-order chi connectivity index (χ1) is 15.3. The van der Waals surface area contributed by atoms with Gasteiger partial charge in [-0.2, -0.15) is 5.26 Å². The van der Waals surface area contributed by atoms with E-state index in [1.165, 1.54) is 30.3 Å². The third-order valence-electron chi connectivity index (χ3n) is 4.31. The number of nitriles is 1. The Bertz CT molecular complexity index is 1300. The molecule has 3 rings (SSSR count). The summed E-state index contributed by atoms with van der Waals surface area (Å²) >= 11 is 3.45. The average Bonchev–Trinajstić information content (AvgIpc) is 2.77. The third-order valence-corrected chi connectivity index (χ3v) is 5.86. The van der Waals surface area contributed by atoms with Crippen molar-refractivity contribution in [2.45, 2.75) is 11.5 Å². The summed E-state index contributed by atoms with van der Waals surface area (Å²) in [5.41, 5.74) is 1.86. The van der Waals surface area contributed by atoms with E-state index in [2.05, 4.69) is 21.2 Å². The van der Waals surface area contributed by atoms with Gasteiger partial charge in [0.15, 0.2) is 0 Å². The second kappa shape index (κ2) is 10.2. The van der Waals surface area contributed by atoms with Crippen molar-refractivity contribution < 1.29 is 17.9 Å². The van der Waals surface area contributed by atoms with Crippen LogP contribution in [-0.4, -0.2) is 14.3 Å². The summed E-state index contributed by atoms with van der Waals surface area (Å²) in [4.78, 5) is 12.4. The lowest BCUT2D eigenvalue weighted by molar-refractivity contribution is -0.112. The molecule has 0 saturated heterocycles. The summed E-state index contributed by atoms with van der Waals surface area (Å²) < 4.78 is 29.1. The van der Waals surface area contributed by atoms with Crippen LogP contribution in [0.5, 0.6) is 5.75 Å². The van der Waals surface area contributed by atoms with E-state index in [1.807, 2.05) is 36.4 Å². The van der Waals surface area contributed by atoms with Crippen molar-refractivity contribution in [1.29, 1.82) is 5.26 Å². The van der Waals surface area contributed by atoms with Crippen molar-refractivity contribution in [3.8, 4) is 11.8 Å². The zero-order chi connectivity index (χ0) is 23.1. The van der Waals surface area contributed by atoms with Crippen LogP contribution in [0.4, 0.5) is 5.69 Å². The van der Waals surface area contributed by atoms with Crippen LogP contribution in [0.2, 0.25) is 0 Å². The van der Waals surface area contributed by atoms with Crippen molar-refractivity contribution >= 4 is 43.6 Å². The molecule has 0 saturated carbocycles. The molecule has 0 bridgehead atoms. The second-order valence-electron chi connectivity index (χ2n) is 6.66. The zero-order valence-corrected chi connectivity index (χ0v) is 19.1. The van der Waals surface area contributed by atoms with E-state index in [1.54, 1.807) is 18.2 Å². The minimum absolute atomic E-state index is 0.0778. The Morgan fingerprint density at radius 2 is 1.78 bits per heavy atom. The lowest BCUT2D eigenvalue weighted by Crippen LogP contribution is -2.14. The van der Waals surface area contributed by atoms with Crippen molar-refractivity contribution in [3.63, 3.8) is 0 Å². The van der Waals surface area contributed by atoms with Gasteiger partial charge in [0.25, 0.3) is 5.91 Å². The maximum absolute atomic E-state index is 12.5. The van der Waals surface area contributed by atoms with E-state index in [9.17, 15) is 18.5 Å². The van der Waals surface area contributed by atoms with Gasteiger partial charge in [-0.3, -0.25) is 4.79 Å². The molecular weight excluding hydrogens is 494 g/mol. The molecule has 3 aromatic carbocycles. The van der Waals surface area contributed by atoms with Crippen LogP contribution in [0.25, 0.3) is 6.08 Å². The molecule has 0 aliphatic heterocycles. The number of primary sulfonamides is 1. The first-order valence-corrected chi connectivity index (χ1v) is 11.6. The number of ether oxygens (including phenoxy) is 1. The number of hydrogen-bond acceptors (Lipinski definition) is 5. The number of amides is 1. The minimum atomic E-state index is -3.83. The van der Waals surface area contributed by atoms with Crippen LogP contribution < -0.4 is 15.2 Å². The van der Waals surface area contributed by atoms with Gasteiger partial charge in [-0.15, -0.1) is 0 Å². The number of nitrogens with two attached hydrogens (primary N) is 1. The number of anilines is 1. The fraction of sp³-hybridized carbons (Fsp3) is 0.0435. The Morgan fingerprint density at radius 1 is 1.09 bits per heavy atom. The Morgan fingerprint density at radius 3 is 2.38 bits per heavy atom. The van der Waals surface area contributed by atoms with Gasteiger partial charge in [0.2, 0.25) is 10.0 Å². The van der Waals surface area contributed by atoms with Crippen molar-refractivity contribution in [2.75, 3.05) is 5.32 Å². The molecule has 0 unspecified atom stereocenters. The highest BCUT2D eigenvalue weighted by Crippen LogP contribution is 2.28. The summed E-state index contributed by atoms with van der Waals surface area (Å²) in [6.45, 7) is 0.407. The summed E-state index contributed by atoms with van der Waals surface area (Å²) in [7, 11) is -3.83. The molecule has 0 aliphatic rings. The lowest BCUT2D eigenvalue weighted by Gasteiger charge is -2.09. The van der Waals surface area contributed by atoms with Crippen LogP contribution in [0.15, 0.2) is 87.7 Å². The third kappa shape index (κ3) is 6.28. The Labute approximate surface area is 194 Å². The standard InChI is InChI=1S/C23H18BrN3O4S/c24-21-13-17(6-11-22(21)31-15-16-4-2-1-3-5-16)12-18(14-25)23(28)27-19-7-9-20(10-8-19)32(26,29)30/h1-13H,15H2,(H,27,28)(H2,26,29,30). The fourth-order valence-corrected chi connectivity index (χ4v) is 3.73. The van der Waals surface area contributed by atoms with Gasteiger partial charge in [-0.25, -0.2) is 13.6 Å². The number of benzene rings is 3. The van der Waals surface area contributed by atoms with E-state index >= 15 is 0 Å². The average molecular weight is 512 g/mol. The molecule has 3 N–H and O–H groups in total. The number of rotatable bonds is 7. The maximum Gasteiger partial charge on any atom is 0.266 e. The molecule has 0 atom stereocenters. The van der Waals surface area contributed by atoms with E-state index in [0.29, 0.717) is 28.1 Å². The topological polar surface area (TPSA) is 122 Å². The normalized spacial score (nSPS) is 11.5. The quantitative estimate of drug-likeness (QED) is 0.363. The fourth-order valence-electron chi connectivity index (χ4n) is 2.70. The summed E-state index contributed by atoms with van der Waals surface area (Å²) in [6.07, 6.45) is 1.44. The highest BCUT2D eigenvalue weighted by molar-refractivity contribution is 9.10. The Balaban J connectivity index is 1.70. The van der Waals surface area contributed by atoms with Crippen LogP contribution in [0.1, 0.15) is 11.1 Å². The monoisotopic (exact) mass is 511 g/mol. The van der Waals surface area contributed by atoms with Gasteiger partial charge in [-0.1, -0.05) is 36.4 Å². The molecular formula is C23H18BrN3O4S. The number of halogens is 1. The summed E-state index contributed by atoms with van der Waals surface area (Å²) in [5.74, 6) is 0.000269. The highest BCUT2D eigenvalue weighted by Gasteiger charge is 2.12. The van der Waals surface area contributed by atoms with Gasteiger partial charge in [-0.05, 0) is 69.5 Å². The predicted octanol–water partition coefficient (Wildman–Crippen LogP) is 4.22. The summed E-state index contributed by atoms with van der Waals surface area (Å²) in [5, 5.41) is 17.0. The summed E-state index contributed by atoms with van der Waals surface area (Å²) in [6, 6.07) is 22.1. The number of nitrogens with zero attached hydrogens (tertiary/aromatic N) is 1. The van der Waals surface area contributed by atoms with Crippen LogP contribution in [-0.2, 0) is 21.4 Å². The van der Waals surface area contributed by atoms with E-state index in [-0.39, 0.29) is 10.5 Å². The lowest BCUT2D eigenvalue weighted by atomic mass is 10.1. The molecule has 0 aliphatic carbocycles. The van der Waals surface area contributed by atoms with Crippen molar-refractivity contribution in [1.82, 2.24) is 0 Å². The molecule has 162 valence electrons. The maximum atomic E-state index is 12.5. The number of nitrogens with one attached hydrogen (secondary N) is 1. The number of carbonyl (C=O) groups excluding carboxylic acids is 1. The van der Waals surface area contributed by atoms with Crippen LogP contribution >= 0.6 is 15.9 Å². The predicted molar refractivity (Wildman–Crippen MR) is 125 cm³/mol. The number of sulfonamides is 1. The molecule has 3 aromatic rings. The van der Waals surface area contributed by atoms with Crippen molar-refractivity contribution in [2.24, 2.45) is 5.14 Å². The van der Waals surface area contributed by atoms with Gasteiger partial charge in [0.05, 0.1) is 9.37 Å². The van der Waals surface area contributed by atoms with Gasteiger partial charge < -0.3 is 10.1 Å². The van der Waals surface area contributed by atoms with Gasteiger partial charge in [0.1, 0.15) is 24.0 Å². The molecule has 7 nitrogen and oxygen atoms in total. The minimum Gasteiger partial charge on any atom is -0.488 e. The van der Waals surface area contributed by atoms with E-state index in [4.69, 9.17) is 9.88 Å². The molecule has 0 spiro atoms. The Hall–Kier alpha value is -3.45. The van der Waals surface area contributed by atoms with E-state index in [0.717, 1.165) is 5.56 Å². The first-order valence-electron chi connectivity index (χ1n) is 9.28. The SMILES string of the molecule is N#CC(=Cc1ccc(OCc2ccccc2)c(Br)c1)C(=O)Nc1ccc(S(N)(=O)=O)cc1. The van der Waals surface area contributed by atoms with Crippen LogP contribution in [0, 0.1) is 11.3 Å². The Kier molecular flexibility index (Phi) is 7.43. The number of hydrogen-bond donors (Lipinski definition) is 2. The molecule has 0 aromatic heterocycles. The largest absolute Gasteiger partial charge is 0.488 e. The zero-order valence-electron chi connectivity index (χ0n) is 16.7. The van der Waals surface area contributed by atoms with Gasteiger partial charge >= 0.3 is 0 Å². The smallest absolute Gasteiger partial charge is 0.266 e. The van der Waals surface area contributed by atoms with Crippen LogP contribution in [0.3, 0.4) is 0 Å². The van der Waals surface area contributed by atoms with E-state index < -0.39 is 15.9 Å². The molecule has 9 heteroatoms. The molecule has 0 fully saturated rings. The molecule has 32 heavy (non-hydrogen) atoms. The molecule has 0 radical (unpaired) electrons. The first kappa shape index (κ1) is 23.2. The molecule has 1 amide bonds. The van der Waals surface area contributed by atoms with Gasteiger partial charge in [0, 0.05) is 5.69 Å². The number of carbonyl (C=O) groups is 1. The highest BCUT2D eigenvalue weighted by atomic mass is 79.9. The molecule has 0 heterocycles.